The van der Waals surface area contributed by atoms with Crippen molar-refractivity contribution < 1.29 is 23.5 Å². The highest BCUT2D eigenvalue weighted by Gasteiger charge is 2.49. The van der Waals surface area contributed by atoms with Crippen molar-refractivity contribution in [3.05, 3.63) is 72.2 Å². The number of pyridine rings is 1. The first-order chi connectivity index (χ1) is 15.0. The zero-order chi connectivity index (χ0) is 21.4. The predicted octanol–water partition coefficient (Wildman–Crippen LogP) is 3.24. The van der Waals surface area contributed by atoms with Gasteiger partial charge in [-0.3, -0.25) is 14.7 Å². The lowest BCUT2D eigenvalue weighted by Gasteiger charge is -2.30. The molecule has 5 rings (SSSR count). The van der Waals surface area contributed by atoms with E-state index in [1.165, 1.54) is 29.2 Å². The van der Waals surface area contributed by atoms with Crippen LogP contribution in [-0.4, -0.2) is 60.3 Å². The van der Waals surface area contributed by atoms with Gasteiger partial charge >= 0.3 is 6.09 Å². The molecule has 0 bridgehead atoms. The van der Waals surface area contributed by atoms with Crippen LogP contribution in [0.2, 0.25) is 0 Å². The minimum Gasteiger partial charge on any atom is -0.436 e. The highest BCUT2D eigenvalue weighted by atomic mass is 19.1. The van der Waals surface area contributed by atoms with Gasteiger partial charge in [0.25, 0.3) is 5.91 Å². The van der Waals surface area contributed by atoms with Crippen molar-refractivity contribution in [2.75, 3.05) is 37.7 Å². The van der Waals surface area contributed by atoms with Gasteiger partial charge in [0.05, 0.1) is 31.8 Å². The normalized spacial score (nSPS) is 21.4. The van der Waals surface area contributed by atoms with Gasteiger partial charge in [-0.1, -0.05) is 12.1 Å². The first-order valence-electron chi connectivity index (χ1n) is 10.0. The highest BCUT2D eigenvalue weighted by Crippen LogP contribution is 2.31. The highest BCUT2D eigenvalue weighted by molar-refractivity contribution is 6.06. The smallest absolute Gasteiger partial charge is 0.415 e. The van der Waals surface area contributed by atoms with Gasteiger partial charge in [0.1, 0.15) is 5.82 Å². The summed E-state index contributed by atoms with van der Waals surface area (Å²) >= 11 is 0. The molecule has 0 aliphatic carbocycles. The van der Waals surface area contributed by atoms with Crippen molar-refractivity contribution in [2.45, 2.75) is 5.60 Å². The van der Waals surface area contributed by atoms with E-state index in [2.05, 4.69) is 4.98 Å². The third-order valence-electron chi connectivity index (χ3n) is 5.62. The second kappa shape index (κ2) is 7.63. The summed E-state index contributed by atoms with van der Waals surface area (Å²) < 4.78 is 24.7. The van der Waals surface area contributed by atoms with Crippen LogP contribution in [0.4, 0.5) is 14.9 Å². The van der Waals surface area contributed by atoms with Crippen molar-refractivity contribution in [2.24, 2.45) is 0 Å². The number of ether oxygens (including phenoxy) is 2. The lowest BCUT2D eigenvalue weighted by molar-refractivity contribution is -0.0140. The maximum atomic E-state index is 13.4. The number of benzene rings is 2. The fourth-order valence-corrected chi connectivity index (χ4v) is 4.14. The lowest BCUT2D eigenvalue weighted by Crippen LogP contribution is -2.49. The van der Waals surface area contributed by atoms with Crippen LogP contribution in [0.1, 0.15) is 10.4 Å². The average molecular weight is 421 g/mol. The molecule has 1 atom stereocenters. The summed E-state index contributed by atoms with van der Waals surface area (Å²) in [6, 6.07) is 14.7. The Bertz CT molecular complexity index is 1150. The van der Waals surface area contributed by atoms with Crippen LogP contribution in [0.15, 0.2) is 60.8 Å². The molecule has 7 nitrogen and oxygen atoms in total. The summed E-state index contributed by atoms with van der Waals surface area (Å²) in [5.74, 6) is -0.551. The van der Waals surface area contributed by atoms with Gasteiger partial charge in [0.2, 0.25) is 0 Å². The SMILES string of the molecule is O=C(c1cccc2ncccc12)N1CCOC[C@]2(C1)CN(c1ccc(F)cc1)C(=O)O2. The molecule has 1 aromatic heterocycles. The molecule has 0 unspecified atom stereocenters. The first-order valence-corrected chi connectivity index (χ1v) is 10.0. The summed E-state index contributed by atoms with van der Waals surface area (Å²) in [5, 5.41) is 0.769. The Morgan fingerprint density at radius 1 is 1.06 bits per heavy atom. The van der Waals surface area contributed by atoms with Crippen LogP contribution >= 0.6 is 0 Å². The van der Waals surface area contributed by atoms with E-state index in [1.54, 1.807) is 29.3 Å². The van der Waals surface area contributed by atoms with Crippen LogP contribution < -0.4 is 4.90 Å². The number of fused-ring (bicyclic) bond motifs is 1. The third kappa shape index (κ3) is 3.59. The van der Waals surface area contributed by atoms with Gasteiger partial charge in [-0.05, 0) is 42.5 Å². The summed E-state index contributed by atoms with van der Waals surface area (Å²) in [7, 11) is 0. The van der Waals surface area contributed by atoms with Gasteiger partial charge < -0.3 is 14.4 Å². The molecular weight excluding hydrogens is 401 g/mol. The van der Waals surface area contributed by atoms with Crippen molar-refractivity contribution in [3.8, 4) is 0 Å². The monoisotopic (exact) mass is 421 g/mol. The number of hydrogen-bond acceptors (Lipinski definition) is 5. The summed E-state index contributed by atoms with van der Waals surface area (Å²) in [6.07, 6.45) is 1.15. The average Bonchev–Trinajstić information content (AvgIpc) is 2.97. The minimum atomic E-state index is -1.000. The molecule has 2 amide bonds. The molecule has 2 aromatic carbocycles. The molecule has 2 fully saturated rings. The van der Waals surface area contributed by atoms with Crippen molar-refractivity contribution in [1.82, 2.24) is 9.88 Å². The van der Waals surface area contributed by atoms with Gasteiger partial charge in [0, 0.05) is 29.4 Å². The van der Waals surface area contributed by atoms with Crippen LogP contribution in [-0.2, 0) is 9.47 Å². The molecule has 2 saturated heterocycles. The number of amides is 2. The number of nitrogens with zero attached hydrogens (tertiary/aromatic N) is 3. The minimum absolute atomic E-state index is 0.167. The zero-order valence-corrected chi connectivity index (χ0v) is 16.7. The zero-order valence-electron chi connectivity index (χ0n) is 16.7. The molecule has 3 aromatic rings. The van der Waals surface area contributed by atoms with Gasteiger partial charge in [-0.15, -0.1) is 0 Å². The van der Waals surface area contributed by atoms with Crippen LogP contribution in [0, 0.1) is 5.82 Å². The van der Waals surface area contributed by atoms with Crippen molar-refractivity contribution in [1.29, 1.82) is 0 Å². The number of aromatic nitrogens is 1. The van der Waals surface area contributed by atoms with Crippen LogP contribution in [0.3, 0.4) is 0 Å². The molecule has 158 valence electrons. The van der Waals surface area contributed by atoms with Crippen LogP contribution in [0.25, 0.3) is 10.9 Å². The van der Waals surface area contributed by atoms with E-state index in [-0.39, 0.29) is 31.4 Å². The summed E-state index contributed by atoms with van der Waals surface area (Å²) in [4.78, 5) is 33.5. The van der Waals surface area contributed by atoms with Gasteiger partial charge in [-0.25, -0.2) is 9.18 Å². The molecule has 2 aliphatic rings. The van der Waals surface area contributed by atoms with E-state index >= 15 is 0 Å². The van der Waals surface area contributed by atoms with E-state index in [4.69, 9.17) is 9.47 Å². The second-order valence-electron chi connectivity index (χ2n) is 7.77. The maximum absolute atomic E-state index is 13.4. The van der Waals surface area contributed by atoms with E-state index in [1.807, 2.05) is 12.1 Å². The molecule has 31 heavy (non-hydrogen) atoms. The Morgan fingerprint density at radius 2 is 1.90 bits per heavy atom. The predicted molar refractivity (Wildman–Crippen MR) is 111 cm³/mol. The molecule has 0 radical (unpaired) electrons. The molecular formula is C23H20FN3O4. The summed E-state index contributed by atoms with van der Waals surface area (Å²) in [5.41, 5.74) is 0.817. The topological polar surface area (TPSA) is 72.0 Å². The number of rotatable bonds is 2. The lowest BCUT2D eigenvalue weighted by atomic mass is 10.0. The Morgan fingerprint density at radius 3 is 2.74 bits per heavy atom. The Hall–Kier alpha value is -3.52. The van der Waals surface area contributed by atoms with E-state index in [9.17, 15) is 14.0 Å². The number of carbonyl (C=O) groups is 2. The Kier molecular flexibility index (Phi) is 4.78. The van der Waals surface area contributed by atoms with Crippen LogP contribution in [0.5, 0.6) is 0 Å². The standard InChI is InChI=1S/C23H20FN3O4/c24-16-6-8-17(9-7-16)27-14-23(31-22(27)29)13-26(11-12-30-15-23)21(28)19-3-1-5-20-18(19)4-2-10-25-20/h1-10H,11-15H2/t23-/m0/s1. The quantitative estimate of drug-likeness (QED) is 0.635. The first kappa shape index (κ1) is 19.4. The maximum Gasteiger partial charge on any atom is 0.415 e. The molecule has 0 N–H and O–H groups in total. The number of anilines is 1. The van der Waals surface area contributed by atoms with Gasteiger partial charge in [-0.2, -0.15) is 0 Å². The number of halogens is 1. The van der Waals surface area contributed by atoms with Crippen molar-refractivity contribution in [3.63, 3.8) is 0 Å². The summed E-state index contributed by atoms with van der Waals surface area (Å²) in [6.45, 7) is 1.30. The van der Waals surface area contributed by atoms with E-state index < -0.39 is 11.7 Å². The molecule has 1 spiro atoms. The molecule has 8 heteroatoms. The fourth-order valence-electron chi connectivity index (χ4n) is 4.14. The number of hydrogen-bond donors (Lipinski definition) is 0. The number of carbonyl (C=O) groups excluding carboxylic acids is 2. The molecule has 2 aliphatic heterocycles. The largest absolute Gasteiger partial charge is 0.436 e. The Labute approximate surface area is 178 Å². The van der Waals surface area contributed by atoms with E-state index in [0.29, 0.717) is 24.4 Å². The fraction of sp³-hybridized carbons (Fsp3) is 0.261. The Balaban J connectivity index is 1.42. The van der Waals surface area contributed by atoms with Gasteiger partial charge in [0.15, 0.2) is 5.60 Å². The molecule has 0 saturated carbocycles. The van der Waals surface area contributed by atoms with Crippen molar-refractivity contribution >= 4 is 28.6 Å². The van der Waals surface area contributed by atoms with E-state index in [0.717, 1.165) is 10.9 Å². The molecule has 3 heterocycles. The third-order valence-corrected chi connectivity index (χ3v) is 5.62. The second-order valence-corrected chi connectivity index (χ2v) is 7.77.